The van der Waals surface area contributed by atoms with Gasteiger partial charge in [-0.15, -0.1) is 0 Å². The van der Waals surface area contributed by atoms with E-state index in [4.69, 9.17) is 28.4 Å². The van der Waals surface area contributed by atoms with E-state index in [-0.39, 0.29) is 18.9 Å². The highest BCUT2D eigenvalue weighted by Gasteiger charge is 2.53. The fourth-order valence-electron chi connectivity index (χ4n) is 8.26. The molecule has 17 atom stereocenters. The molecule has 0 radical (unpaired) electrons. The number of allylic oxidation sites excluding steroid dienone is 7. The summed E-state index contributed by atoms with van der Waals surface area (Å²) >= 11 is 0. The Hall–Kier alpha value is -2.25. The highest BCUT2D eigenvalue weighted by atomic mass is 16.8. The molecule has 3 saturated heterocycles. The Labute approximate surface area is 408 Å². The third kappa shape index (κ3) is 21.0. The van der Waals surface area contributed by atoms with Crippen molar-refractivity contribution in [2.75, 3.05) is 26.4 Å². The van der Waals surface area contributed by atoms with Crippen molar-refractivity contribution in [1.82, 2.24) is 5.32 Å². The Morgan fingerprint density at radius 3 is 1.49 bits per heavy atom. The summed E-state index contributed by atoms with van der Waals surface area (Å²) in [6.07, 6.45) is 6.98. The van der Waals surface area contributed by atoms with Crippen LogP contribution in [0.2, 0.25) is 0 Å². The summed E-state index contributed by atoms with van der Waals surface area (Å²) in [5.41, 5.74) is 0. The number of aliphatic hydroxyl groups excluding tert-OH is 11. The number of ether oxygens (including phenoxy) is 6. The number of amides is 1. The predicted molar refractivity (Wildman–Crippen MR) is 254 cm³/mol. The smallest absolute Gasteiger partial charge is 0.220 e. The highest BCUT2D eigenvalue weighted by Crippen LogP contribution is 2.33. The molecule has 3 heterocycles. The average molecular weight is 990 g/mol. The molecule has 0 aromatic heterocycles. The van der Waals surface area contributed by atoms with Crippen LogP contribution in [0, 0.1) is 0 Å². The second kappa shape index (κ2) is 35.0. The Morgan fingerprint density at radius 2 is 0.942 bits per heavy atom. The minimum absolute atomic E-state index is 0.220. The van der Waals surface area contributed by atoms with Crippen LogP contribution in [0.25, 0.3) is 0 Å². The summed E-state index contributed by atoms with van der Waals surface area (Å²) < 4.78 is 34.0. The maximum Gasteiger partial charge on any atom is 0.220 e. The molecule has 0 aromatic carbocycles. The first-order valence-corrected chi connectivity index (χ1v) is 25.4. The lowest BCUT2D eigenvalue weighted by Crippen LogP contribution is -2.66. The summed E-state index contributed by atoms with van der Waals surface area (Å²) in [4.78, 5) is 13.2. The van der Waals surface area contributed by atoms with Crippen LogP contribution in [-0.4, -0.2) is 193 Å². The van der Waals surface area contributed by atoms with Crippen LogP contribution in [0.15, 0.2) is 48.6 Å². The number of nitrogens with one attached hydrogen (secondary N) is 1. The van der Waals surface area contributed by atoms with Crippen LogP contribution >= 0.6 is 0 Å². The van der Waals surface area contributed by atoms with Crippen molar-refractivity contribution >= 4 is 5.91 Å². The molecule has 0 bridgehead atoms. The summed E-state index contributed by atoms with van der Waals surface area (Å²) in [6.45, 7) is 1.55. The molecular weight excluding hydrogens is 903 g/mol. The second-order valence-corrected chi connectivity index (χ2v) is 18.3. The predicted octanol–water partition coefficient (Wildman–Crippen LogP) is 1.58. The third-order valence-electron chi connectivity index (χ3n) is 12.6. The van der Waals surface area contributed by atoms with E-state index in [0.29, 0.717) is 12.8 Å². The van der Waals surface area contributed by atoms with Crippen molar-refractivity contribution < 1.29 is 89.4 Å². The van der Waals surface area contributed by atoms with Crippen LogP contribution in [0.1, 0.15) is 129 Å². The molecular formula is C50H87NO18. The topological polar surface area (TPSA) is 307 Å². The summed E-state index contributed by atoms with van der Waals surface area (Å²) in [5, 5.41) is 119. The molecule has 3 fully saturated rings. The zero-order valence-corrected chi connectivity index (χ0v) is 40.8. The molecule has 3 aliphatic heterocycles. The van der Waals surface area contributed by atoms with E-state index >= 15 is 0 Å². The van der Waals surface area contributed by atoms with E-state index in [0.717, 1.165) is 64.2 Å². The van der Waals surface area contributed by atoms with Gasteiger partial charge in [-0.2, -0.15) is 0 Å². The van der Waals surface area contributed by atoms with Gasteiger partial charge in [0.05, 0.1) is 38.6 Å². The fourth-order valence-corrected chi connectivity index (χ4v) is 8.26. The van der Waals surface area contributed by atoms with E-state index in [1.54, 1.807) is 6.08 Å². The summed E-state index contributed by atoms with van der Waals surface area (Å²) in [7, 11) is 0. The van der Waals surface area contributed by atoms with Gasteiger partial charge in [-0.05, 0) is 64.2 Å². The number of unbranched alkanes of at least 4 members (excludes halogenated alkanes) is 12. The first kappa shape index (κ1) is 61.1. The number of aliphatic hydroxyl groups is 11. The quantitative estimate of drug-likeness (QED) is 0.0322. The minimum Gasteiger partial charge on any atom is -0.394 e. The lowest BCUT2D eigenvalue weighted by atomic mass is 9.96. The Kier molecular flexibility index (Phi) is 31.0. The first-order valence-electron chi connectivity index (χ1n) is 25.4. The van der Waals surface area contributed by atoms with Crippen molar-refractivity contribution in [3.8, 4) is 0 Å². The van der Waals surface area contributed by atoms with E-state index in [2.05, 4.69) is 55.6 Å². The van der Waals surface area contributed by atoms with Gasteiger partial charge in [-0.1, -0.05) is 107 Å². The molecule has 1 amide bonds. The Morgan fingerprint density at radius 1 is 0.507 bits per heavy atom. The van der Waals surface area contributed by atoms with Crippen molar-refractivity contribution in [3.05, 3.63) is 48.6 Å². The second-order valence-electron chi connectivity index (χ2n) is 18.3. The van der Waals surface area contributed by atoms with E-state index < -0.39 is 124 Å². The number of carbonyl (C=O) groups is 1. The SMILES string of the molecule is CCCC/C=C/CC/C=C/CC/C=C/C(O)C(COC1OC(CO)C(OC2OC(CO)C(OC3OC(CO)C(O)C(O)C3O)C(O)C2O)C(O)C1O)NC(=O)CCCCCCC/C=C\CCCCC. The molecule has 400 valence electrons. The van der Waals surface area contributed by atoms with Crippen LogP contribution in [-0.2, 0) is 33.2 Å². The maximum atomic E-state index is 13.2. The van der Waals surface area contributed by atoms with E-state index in [1.807, 2.05) is 6.08 Å². The van der Waals surface area contributed by atoms with Gasteiger partial charge in [0.15, 0.2) is 18.9 Å². The normalized spacial score (nSPS) is 33.3. The number of carbonyl (C=O) groups excluding carboxylic acids is 1. The van der Waals surface area contributed by atoms with Gasteiger partial charge < -0.3 is 89.9 Å². The maximum absolute atomic E-state index is 13.2. The van der Waals surface area contributed by atoms with Crippen molar-refractivity contribution in [2.24, 2.45) is 0 Å². The van der Waals surface area contributed by atoms with E-state index in [9.17, 15) is 61.0 Å². The van der Waals surface area contributed by atoms with Gasteiger partial charge in [0.25, 0.3) is 0 Å². The van der Waals surface area contributed by atoms with Gasteiger partial charge >= 0.3 is 0 Å². The number of hydrogen-bond acceptors (Lipinski definition) is 18. The molecule has 19 heteroatoms. The van der Waals surface area contributed by atoms with Gasteiger partial charge in [0.1, 0.15) is 73.2 Å². The number of hydrogen-bond donors (Lipinski definition) is 12. The van der Waals surface area contributed by atoms with Crippen LogP contribution in [0.5, 0.6) is 0 Å². The van der Waals surface area contributed by atoms with Gasteiger partial charge in [-0.3, -0.25) is 4.79 Å². The van der Waals surface area contributed by atoms with Crippen LogP contribution in [0.3, 0.4) is 0 Å². The Balaban J connectivity index is 1.59. The molecule has 69 heavy (non-hydrogen) atoms. The fraction of sp³-hybridized carbons (Fsp3) is 0.820. The monoisotopic (exact) mass is 990 g/mol. The van der Waals surface area contributed by atoms with Crippen LogP contribution in [0.4, 0.5) is 0 Å². The van der Waals surface area contributed by atoms with Crippen molar-refractivity contribution in [2.45, 2.75) is 234 Å². The van der Waals surface area contributed by atoms with Crippen molar-refractivity contribution in [1.29, 1.82) is 0 Å². The van der Waals surface area contributed by atoms with E-state index in [1.165, 1.54) is 32.1 Å². The molecule has 0 saturated carbocycles. The first-order chi connectivity index (χ1) is 33.3. The zero-order valence-electron chi connectivity index (χ0n) is 40.8. The third-order valence-corrected chi connectivity index (χ3v) is 12.6. The van der Waals surface area contributed by atoms with Gasteiger partial charge in [0, 0.05) is 6.42 Å². The molecule has 17 unspecified atom stereocenters. The Bertz CT molecular complexity index is 1460. The zero-order chi connectivity index (χ0) is 50.6. The van der Waals surface area contributed by atoms with Gasteiger partial charge in [-0.25, -0.2) is 0 Å². The molecule has 19 nitrogen and oxygen atoms in total. The minimum atomic E-state index is -1.98. The van der Waals surface area contributed by atoms with Crippen molar-refractivity contribution in [3.63, 3.8) is 0 Å². The summed E-state index contributed by atoms with van der Waals surface area (Å²) in [5.74, 6) is -0.306. The largest absolute Gasteiger partial charge is 0.394 e. The lowest BCUT2D eigenvalue weighted by Gasteiger charge is -2.48. The van der Waals surface area contributed by atoms with Crippen LogP contribution < -0.4 is 5.32 Å². The highest BCUT2D eigenvalue weighted by molar-refractivity contribution is 5.76. The molecule has 0 spiro atoms. The summed E-state index contributed by atoms with van der Waals surface area (Å²) in [6, 6.07) is -0.997. The molecule has 12 N–H and O–H groups in total. The molecule has 0 aromatic rings. The molecule has 3 aliphatic rings. The standard InChI is InChI=1S/C50H87NO18/c1-3-5-7-9-11-13-15-17-19-21-23-25-27-34(55)33(51-38(56)28-26-24-22-20-18-16-14-12-10-8-6-4-2)32-64-48-44(62)41(59)46(36(30-53)66-48)69-50-45(63)42(60)47(37(31-54)67-50)68-49-43(61)40(58)39(57)35(29-52)65-49/h9,11-12,14,17,19,25,27,33-37,39-50,52-55,57-63H,3-8,10,13,15-16,18,20-24,26,28-32H2,1-2H3,(H,51,56)/b11-9+,14-12-,19-17+,27-25+. The van der Waals surface area contributed by atoms with Gasteiger partial charge in [0.2, 0.25) is 5.91 Å². The molecule has 0 aliphatic carbocycles. The number of rotatable bonds is 34. The average Bonchev–Trinajstić information content (AvgIpc) is 3.34. The lowest BCUT2D eigenvalue weighted by molar-refractivity contribution is -0.379. The molecule has 3 rings (SSSR count).